The van der Waals surface area contributed by atoms with E-state index in [4.69, 9.17) is 15.2 Å². The van der Waals surface area contributed by atoms with E-state index in [0.717, 1.165) is 32.3 Å². The summed E-state index contributed by atoms with van der Waals surface area (Å²) in [7, 11) is 0. The molecule has 1 unspecified atom stereocenters. The van der Waals surface area contributed by atoms with Gasteiger partial charge in [-0.15, -0.1) is 0 Å². The Morgan fingerprint density at radius 2 is 2.14 bits per heavy atom. The molecule has 0 saturated carbocycles. The first-order valence-electron chi connectivity index (χ1n) is 7.78. The fraction of sp³-hybridized carbons (Fsp3) is 0.733. The number of ether oxygens (including phenoxy) is 2. The first kappa shape index (κ1) is 15.8. The summed E-state index contributed by atoms with van der Waals surface area (Å²) in [4.78, 5) is 8.31. The predicted octanol–water partition coefficient (Wildman–Crippen LogP) is 2.61. The zero-order chi connectivity index (χ0) is 15.3. The van der Waals surface area contributed by atoms with Gasteiger partial charge in [-0.1, -0.05) is 13.8 Å². The van der Waals surface area contributed by atoms with Gasteiger partial charge in [0, 0.05) is 12.6 Å². The number of nitrogens with zero attached hydrogens (tertiary/aromatic N) is 2. The lowest BCUT2D eigenvalue weighted by atomic mass is 9.86. The highest BCUT2D eigenvalue weighted by Gasteiger charge is 2.34. The molecular weight excluding hydrogens is 268 g/mol. The monoisotopic (exact) mass is 294 g/mol. The van der Waals surface area contributed by atoms with Crippen molar-refractivity contribution in [2.24, 2.45) is 0 Å². The van der Waals surface area contributed by atoms with E-state index < -0.39 is 0 Å². The van der Waals surface area contributed by atoms with E-state index in [2.05, 4.69) is 29.1 Å². The van der Waals surface area contributed by atoms with Crippen LogP contribution >= 0.6 is 0 Å². The number of hydrogen-bond acceptors (Lipinski definition) is 6. The Hall–Kier alpha value is -1.56. The topological polar surface area (TPSA) is 82.3 Å². The Balaban J connectivity index is 2.09. The minimum absolute atomic E-state index is 0.0273. The van der Waals surface area contributed by atoms with Crippen molar-refractivity contribution in [2.75, 3.05) is 24.3 Å². The standard InChI is InChI=1S/C15H26N4O2/c1-4-15(5-2)9-11(7-8-21-15)19-13-12(16)14(20-6-3)18-10-17-13/h10-11H,4-9,16H2,1-3H3,(H,17,18,19). The number of anilines is 2. The summed E-state index contributed by atoms with van der Waals surface area (Å²) in [6.45, 7) is 7.57. The average Bonchev–Trinajstić information content (AvgIpc) is 2.51. The maximum absolute atomic E-state index is 6.08. The molecule has 118 valence electrons. The van der Waals surface area contributed by atoms with Crippen molar-refractivity contribution < 1.29 is 9.47 Å². The Kier molecular flexibility index (Phi) is 5.22. The summed E-state index contributed by atoms with van der Waals surface area (Å²) in [6.07, 6.45) is 5.44. The second-order valence-corrected chi connectivity index (χ2v) is 5.45. The molecule has 1 aliphatic heterocycles. The van der Waals surface area contributed by atoms with Gasteiger partial charge in [-0.2, -0.15) is 4.98 Å². The first-order valence-corrected chi connectivity index (χ1v) is 7.78. The molecule has 1 aromatic heterocycles. The van der Waals surface area contributed by atoms with Gasteiger partial charge in [-0.25, -0.2) is 4.98 Å². The minimum Gasteiger partial charge on any atom is -0.476 e. The maximum atomic E-state index is 6.08. The molecule has 1 aliphatic rings. The summed E-state index contributed by atoms with van der Waals surface area (Å²) >= 11 is 0. The zero-order valence-corrected chi connectivity index (χ0v) is 13.2. The molecule has 0 amide bonds. The Morgan fingerprint density at radius 3 is 2.81 bits per heavy atom. The number of aromatic nitrogens is 2. The average molecular weight is 294 g/mol. The van der Waals surface area contributed by atoms with Crippen LogP contribution in [0.1, 0.15) is 46.5 Å². The largest absolute Gasteiger partial charge is 0.476 e. The molecule has 0 bridgehead atoms. The van der Waals surface area contributed by atoms with Gasteiger partial charge >= 0.3 is 0 Å². The van der Waals surface area contributed by atoms with Crippen LogP contribution in [0.4, 0.5) is 11.5 Å². The minimum atomic E-state index is -0.0273. The fourth-order valence-electron chi connectivity index (χ4n) is 2.83. The Bertz CT molecular complexity index is 463. The fourth-order valence-corrected chi connectivity index (χ4v) is 2.83. The molecule has 1 aromatic rings. The smallest absolute Gasteiger partial charge is 0.242 e. The molecule has 6 nitrogen and oxygen atoms in total. The molecule has 6 heteroatoms. The zero-order valence-electron chi connectivity index (χ0n) is 13.2. The van der Waals surface area contributed by atoms with E-state index in [-0.39, 0.29) is 5.60 Å². The second kappa shape index (κ2) is 6.93. The molecule has 1 saturated heterocycles. The van der Waals surface area contributed by atoms with Gasteiger partial charge in [0.25, 0.3) is 0 Å². The van der Waals surface area contributed by atoms with Crippen LogP contribution in [0, 0.1) is 0 Å². The Morgan fingerprint density at radius 1 is 1.38 bits per heavy atom. The summed E-state index contributed by atoms with van der Waals surface area (Å²) in [5, 5.41) is 3.44. The van der Waals surface area contributed by atoms with Gasteiger partial charge in [0.05, 0.1) is 12.2 Å². The van der Waals surface area contributed by atoms with Crippen molar-refractivity contribution >= 4 is 11.5 Å². The molecular formula is C15H26N4O2. The third-order valence-electron chi connectivity index (χ3n) is 4.25. The molecule has 0 spiro atoms. The van der Waals surface area contributed by atoms with Crippen molar-refractivity contribution in [1.29, 1.82) is 0 Å². The second-order valence-electron chi connectivity index (χ2n) is 5.45. The van der Waals surface area contributed by atoms with Crippen LogP contribution in [-0.2, 0) is 4.74 Å². The van der Waals surface area contributed by atoms with Crippen molar-refractivity contribution in [3.8, 4) is 5.88 Å². The number of nitrogen functional groups attached to an aromatic ring is 1. The summed E-state index contributed by atoms with van der Waals surface area (Å²) in [6, 6.07) is 0.310. The lowest BCUT2D eigenvalue weighted by molar-refractivity contribution is -0.0864. The van der Waals surface area contributed by atoms with Crippen molar-refractivity contribution in [2.45, 2.75) is 58.1 Å². The van der Waals surface area contributed by atoms with E-state index in [9.17, 15) is 0 Å². The number of nitrogens with two attached hydrogens (primary N) is 1. The van der Waals surface area contributed by atoms with E-state index in [1.165, 1.54) is 6.33 Å². The third kappa shape index (κ3) is 3.56. The lowest BCUT2D eigenvalue weighted by Crippen LogP contribution is -2.43. The number of hydrogen-bond donors (Lipinski definition) is 2. The van der Waals surface area contributed by atoms with E-state index in [1.807, 2.05) is 6.92 Å². The van der Waals surface area contributed by atoms with Gasteiger partial charge in [-0.3, -0.25) is 0 Å². The third-order valence-corrected chi connectivity index (χ3v) is 4.25. The molecule has 1 atom stereocenters. The molecule has 0 radical (unpaired) electrons. The molecule has 0 aromatic carbocycles. The van der Waals surface area contributed by atoms with Crippen molar-refractivity contribution in [3.63, 3.8) is 0 Å². The molecule has 1 fully saturated rings. The van der Waals surface area contributed by atoms with Gasteiger partial charge < -0.3 is 20.5 Å². The van der Waals surface area contributed by atoms with Crippen LogP contribution < -0.4 is 15.8 Å². The van der Waals surface area contributed by atoms with Crippen LogP contribution in [0.2, 0.25) is 0 Å². The predicted molar refractivity (Wildman–Crippen MR) is 83.5 cm³/mol. The maximum Gasteiger partial charge on any atom is 0.242 e. The van der Waals surface area contributed by atoms with Crippen molar-refractivity contribution in [1.82, 2.24) is 9.97 Å². The molecule has 3 N–H and O–H groups in total. The Labute approximate surface area is 126 Å². The van der Waals surface area contributed by atoms with E-state index >= 15 is 0 Å². The van der Waals surface area contributed by atoms with E-state index in [0.29, 0.717) is 30.0 Å². The highest BCUT2D eigenvalue weighted by molar-refractivity contribution is 5.66. The quantitative estimate of drug-likeness (QED) is 0.839. The SMILES string of the molecule is CCOc1ncnc(NC2CCOC(CC)(CC)C2)c1N. The molecule has 0 aliphatic carbocycles. The number of nitrogens with one attached hydrogen (secondary N) is 1. The number of rotatable bonds is 6. The van der Waals surface area contributed by atoms with Gasteiger partial charge in [0.15, 0.2) is 5.82 Å². The summed E-state index contributed by atoms with van der Waals surface area (Å²) in [5.41, 5.74) is 6.52. The summed E-state index contributed by atoms with van der Waals surface area (Å²) < 4.78 is 11.4. The van der Waals surface area contributed by atoms with Crippen LogP contribution in [0.3, 0.4) is 0 Å². The van der Waals surface area contributed by atoms with Crippen LogP contribution in [-0.4, -0.2) is 34.8 Å². The van der Waals surface area contributed by atoms with Gasteiger partial charge in [0.1, 0.15) is 12.0 Å². The van der Waals surface area contributed by atoms with Crippen molar-refractivity contribution in [3.05, 3.63) is 6.33 Å². The van der Waals surface area contributed by atoms with Gasteiger partial charge in [-0.05, 0) is 32.6 Å². The molecule has 2 rings (SSSR count). The van der Waals surface area contributed by atoms with Crippen LogP contribution in [0.25, 0.3) is 0 Å². The highest BCUT2D eigenvalue weighted by atomic mass is 16.5. The first-order chi connectivity index (χ1) is 10.1. The van der Waals surface area contributed by atoms with Crippen LogP contribution in [0.5, 0.6) is 5.88 Å². The highest BCUT2D eigenvalue weighted by Crippen LogP contribution is 2.34. The van der Waals surface area contributed by atoms with E-state index in [1.54, 1.807) is 0 Å². The lowest BCUT2D eigenvalue weighted by Gasteiger charge is -2.40. The summed E-state index contributed by atoms with van der Waals surface area (Å²) in [5.74, 6) is 1.10. The normalized spacial score (nSPS) is 21.0. The molecule has 2 heterocycles. The van der Waals surface area contributed by atoms with Crippen LogP contribution in [0.15, 0.2) is 6.33 Å². The van der Waals surface area contributed by atoms with Gasteiger partial charge in [0.2, 0.25) is 5.88 Å². The molecule has 21 heavy (non-hydrogen) atoms.